The summed E-state index contributed by atoms with van der Waals surface area (Å²) in [6, 6.07) is 32.8. The highest BCUT2D eigenvalue weighted by Crippen LogP contribution is 2.34. The average Bonchev–Trinajstić information content (AvgIpc) is 2.75. The Labute approximate surface area is 163 Å². The van der Waals surface area contributed by atoms with E-state index >= 15 is 0 Å². The monoisotopic (exact) mass is 366 g/mol. The molecule has 0 aliphatic rings. The Hall–Kier alpha value is -3.85. The molecule has 0 saturated carbocycles. The number of carbonyl (C=O) groups is 1. The van der Waals surface area contributed by atoms with Gasteiger partial charge in [-0.05, 0) is 47.0 Å². The van der Waals surface area contributed by atoms with E-state index in [1.165, 1.54) is 17.7 Å². The number of benzene rings is 4. The van der Waals surface area contributed by atoms with Gasteiger partial charge in [-0.25, -0.2) is 4.79 Å². The number of aromatic carboxylic acids is 1. The van der Waals surface area contributed by atoms with Gasteiger partial charge in [0, 0.05) is 5.56 Å². The van der Waals surface area contributed by atoms with Crippen LogP contribution < -0.4 is 4.74 Å². The Morgan fingerprint density at radius 3 is 1.86 bits per heavy atom. The Morgan fingerprint density at radius 2 is 1.18 bits per heavy atom. The van der Waals surface area contributed by atoms with Crippen molar-refractivity contribution in [3.05, 3.63) is 109 Å². The molecule has 28 heavy (non-hydrogen) atoms. The molecule has 0 amide bonds. The topological polar surface area (TPSA) is 46.5 Å². The van der Waals surface area contributed by atoms with Crippen LogP contribution in [-0.4, -0.2) is 11.1 Å². The molecule has 0 spiro atoms. The molecule has 0 aliphatic carbocycles. The number of carboxylic acid groups (broad SMARTS) is 1. The van der Waals surface area contributed by atoms with Crippen molar-refractivity contribution in [1.29, 1.82) is 0 Å². The number of carboxylic acids is 1. The summed E-state index contributed by atoms with van der Waals surface area (Å²) < 4.78 is 6.02. The van der Waals surface area contributed by atoms with E-state index in [1.807, 2.05) is 42.5 Å². The SMILES string of the molecule is O=C(O)c1ccc(Oc2ccccc2-c2ccc(-c3ccccc3)cc2)cc1. The summed E-state index contributed by atoms with van der Waals surface area (Å²) in [6.45, 7) is 0. The van der Waals surface area contributed by atoms with Crippen molar-refractivity contribution in [2.45, 2.75) is 0 Å². The molecule has 0 heterocycles. The van der Waals surface area contributed by atoms with Crippen LogP contribution in [0.25, 0.3) is 22.3 Å². The minimum Gasteiger partial charge on any atom is -0.478 e. The zero-order valence-electron chi connectivity index (χ0n) is 15.1. The lowest BCUT2D eigenvalue weighted by molar-refractivity contribution is 0.0697. The van der Waals surface area contributed by atoms with E-state index in [4.69, 9.17) is 9.84 Å². The molecule has 0 saturated heterocycles. The summed E-state index contributed by atoms with van der Waals surface area (Å²) in [5, 5.41) is 9.02. The smallest absolute Gasteiger partial charge is 0.335 e. The molecular formula is C25H18O3. The van der Waals surface area contributed by atoms with Crippen LogP contribution in [0.15, 0.2) is 103 Å². The third-order valence-corrected chi connectivity index (χ3v) is 4.52. The first kappa shape index (κ1) is 17.6. The normalized spacial score (nSPS) is 10.4. The largest absolute Gasteiger partial charge is 0.478 e. The second kappa shape index (κ2) is 7.80. The molecule has 136 valence electrons. The molecule has 0 bridgehead atoms. The van der Waals surface area contributed by atoms with Gasteiger partial charge in [-0.1, -0.05) is 72.8 Å². The van der Waals surface area contributed by atoms with Crippen LogP contribution in [0.5, 0.6) is 11.5 Å². The lowest BCUT2D eigenvalue weighted by Crippen LogP contribution is -1.95. The average molecular weight is 366 g/mol. The highest BCUT2D eigenvalue weighted by Gasteiger charge is 2.09. The van der Waals surface area contributed by atoms with Crippen LogP contribution in [0.4, 0.5) is 0 Å². The summed E-state index contributed by atoms with van der Waals surface area (Å²) in [4.78, 5) is 11.0. The van der Waals surface area contributed by atoms with Crippen LogP contribution >= 0.6 is 0 Å². The summed E-state index contributed by atoms with van der Waals surface area (Å²) in [6.07, 6.45) is 0. The summed E-state index contributed by atoms with van der Waals surface area (Å²) in [7, 11) is 0. The van der Waals surface area contributed by atoms with Crippen LogP contribution in [-0.2, 0) is 0 Å². The Kier molecular flexibility index (Phi) is 4.89. The molecule has 0 radical (unpaired) electrons. The molecule has 4 rings (SSSR count). The maximum atomic E-state index is 11.0. The molecule has 0 unspecified atom stereocenters. The Bertz CT molecular complexity index is 1080. The molecule has 0 aromatic heterocycles. The Morgan fingerprint density at radius 1 is 0.607 bits per heavy atom. The predicted octanol–water partition coefficient (Wildman–Crippen LogP) is 6.51. The predicted molar refractivity (Wildman–Crippen MR) is 111 cm³/mol. The molecule has 0 aliphatic heterocycles. The van der Waals surface area contributed by atoms with E-state index in [0.717, 1.165) is 22.4 Å². The summed E-state index contributed by atoms with van der Waals surface area (Å²) in [5.41, 5.74) is 4.60. The number of hydrogen-bond donors (Lipinski definition) is 1. The van der Waals surface area contributed by atoms with Crippen molar-refractivity contribution >= 4 is 5.97 Å². The van der Waals surface area contributed by atoms with E-state index in [0.29, 0.717) is 5.75 Å². The van der Waals surface area contributed by atoms with Gasteiger partial charge < -0.3 is 9.84 Å². The van der Waals surface area contributed by atoms with Crippen LogP contribution in [0.3, 0.4) is 0 Å². The van der Waals surface area contributed by atoms with Gasteiger partial charge in [0.15, 0.2) is 0 Å². The van der Waals surface area contributed by atoms with Crippen molar-refractivity contribution < 1.29 is 14.6 Å². The van der Waals surface area contributed by atoms with Gasteiger partial charge in [0.1, 0.15) is 11.5 Å². The molecule has 4 aromatic rings. The number of para-hydroxylation sites is 1. The van der Waals surface area contributed by atoms with Crippen LogP contribution in [0, 0.1) is 0 Å². The highest BCUT2D eigenvalue weighted by atomic mass is 16.5. The zero-order valence-corrected chi connectivity index (χ0v) is 15.1. The molecule has 1 N–H and O–H groups in total. The number of hydrogen-bond acceptors (Lipinski definition) is 2. The van der Waals surface area contributed by atoms with Gasteiger partial charge >= 0.3 is 5.97 Å². The third-order valence-electron chi connectivity index (χ3n) is 4.52. The quantitative estimate of drug-likeness (QED) is 0.438. The minimum absolute atomic E-state index is 0.233. The van der Waals surface area contributed by atoms with E-state index in [9.17, 15) is 4.79 Å². The van der Waals surface area contributed by atoms with Gasteiger partial charge in [-0.3, -0.25) is 0 Å². The van der Waals surface area contributed by atoms with Crippen molar-refractivity contribution in [2.75, 3.05) is 0 Å². The highest BCUT2D eigenvalue weighted by molar-refractivity contribution is 5.87. The molecule has 0 atom stereocenters. The van der Waals surface area contributed by atoms with E-state index in [-0.39, 0.29) is 5.56 Å². The first-order valence-corrected chi connectivity index (χ1v) is 8.97. The van der Waals surface area contributed by atoms with Crippen LogP contribution in [0.2, 0.25) is 0 Å². The third kappa shape index (κ3) is 3.79. The number of ether oxygens (including phenoxy) is 1. The van der Waals surface area contributed by atoms with Crippen molar-refractivity contribution in [3.8, 4) is 33.8 Å². The molecule has 3 nitrogen and oxygen atoms in total. The number of rotatable bonds is 5. The lowest BCUT2D eigenvalue weighted by atomic mass is 10.00. The minimum atomic E-state index is -0.953. The van der Waals surface area contributed by atoms with E-state index in [1.54, 1.807) is 12.1 Å². The first-order chi connectivity index (χ1) is 13.7. The van der Waals surface area contributed by atoms with Gasteiger partial charge in [0.2, 0.25) is 0 Å². The van der Waals surface area contributed by atoms with Gasteiger partial charge in [-0.15, -0.1) is 0 Å². The van der Waals surface area contributed by atoms with Crippen molar-refractivity contribution in [3.63, 3.8) is 0 Å². The molecule has 3 heteroatoms. The fourth-order valence-corrected chi connectivity index (χ4v) is 3.06. The maximum absolute atomic E-state index is 11.0. The van der Waals surface area contributed by atoms with Crippen molar-refractivity contribution in [2.24, 2.45) is 0 Å². The van der Waals surface area contributed by atoms with Crippen molar-refractivity contribution in [1.82, 2.24) is 0 Å². The lowest BCUT2D eigenvalue weighted by Gasteiger charge is -2.12. The molecule has 0 fully saturated rings. The van der Waals surface area contributed by atoms with E-state index in [2.05, 4.69) is 36.4 Å². The fourth-order valence-electron chi connectivity index (χ4n) is 3.06. The Balaban J connectivity index is 1.61. The summed E-state index contributed by atoms with van der Waals surface area (Å²) >= 11 is 0. The standard InChI is InChI=1S/C25H18O3/c26-25(27)21-14-16-22(17-15-21)28-24-9-5-4-8-23(24)20-12-10-19(11-13-20)18-6-2-1-3-7-18/h1-17H,(H,26,27). The van der Waals surface area contributed by atoms with E-state index < -0.39 is 5.97 Å². The zero-order chi connectivity index (χ0) is 19.3. The fraction of sp³-hybridized carbons (Fsp3) is 0. The first-order valence-electron chi connectivity index (χ1n) is 8.97. The molecule has 4 aromatic carbocycles. The second-order valence-electron chi connectivity index (χ2n) is 6.37. The maximum Gasteiger partial charge on any atom is 0.335 e. The summed E-state index contributed by atoms with van der Waals surface area (Å²) in [5.74, 6) is 0.363. The second-order valence-corrected chi connectivity index (χ2v) is 6.37. The molecular weight excluding hydrogens is 348 g/mol. The van der Waals surface area contributed by atoms with Gasteiger partial charge in [0.25, 0.3) is 0 Å². The van der Waals surface area contributed by atoms with Gasteiger partial charge in [-0.2, -0.15) is 0 Å². The van der Waals surface area contributed by atoms with Gasteiger partial charge in [0.05, 0.1) is 5.56 Å². The van der Waals surface area contributed by atoms with Crippen LogP contribution in [0.1, 0.15) is 10.4 Å².